The zero-order chi connectivity index (χ0) is 20.1. The highest BCUT2D eigenvalue weighted by Crippen LogP contribution is 2.24. The summed E-state index contributed by atoms with van der Waals surface area (Å²) in [5, 5.41) is 12.6. The second-order valence-corrected chi connectivity index (χ2v) is 6.56. The molecule has 142 valence electrons. The predicted molar refractivity (Wildman–Crippen MR) is 109 cm³/mol. The second-order valence-electron chi connectivity index (χ2n) is 5.68. The van der Waals surface area contributed by atoms with Crippen molar-refractivity contribution in [2.45, 2.75) is 0 Å². The smallest absolute Gasteiger partial charge is 0.335 e. The molecule has 0 saturated carbocycles. The lowest BCUT2D eigenvalue weighted by Crippen LogP contribution is -2.16. The summed E-state index contributed by atoms with van der Waals surface area (Å²) >= 11 is 11.9. The Labute approximate surface area is 170 Å². The largest absolute Gasteiger partial charge is 0.478 e. The Kier molecular flexibility index (Phi) is 6.03. The molecular formula is C20H14Cl2N2O4. The highest BCUT2D eigenvalue weighted by atomic mass is 35.5. The third kappa shape index (κ3) is 4.94. The quantitative estimate of drug-likeness (QED) is 0.471. The molecule has 0 spiro atoms. The number of carboxylic acid groups (broad SMARTS) is 1. The molecule has 0 saturated heterocycles. The van der Waals surface area contributed by atoms with Gasteiger partial charge in [0.1, 0.15) is 0 Å². The van der Waals surface area contributed by atoms with Crippen molar-refractivity contribution in [3.8, 4) is 5.75 Å². The minimum absolute atomic E-state index is 0.128. The summed E-state index contributed by atoms with van der Waals surface area (Å²) in [6.45, 7) is 0. The maximum absolute atomic E-state index is 12.6. The van der Waals surface area contributed by atoms with Crippen LogP contribution in [0, 0.1) is 0 Å². The van der Waals surface area contributed by atoms with E-state index in [4.69, 9.17) is 33.1 Å². The number of halogens is 2. The van der Waals surface area contributed by atoms with E-state index in [-0.39, 0.29) is 5.56 Å². The van der Waals surface area contributed by atoms with Crippen molar-refractivity contribution in [2.24, 2.45) is 0 Å². The molecule has 6 nitrogen and oxygen atoms in total. The van der Waals surface area contributed by atoms with Gasteiger partial charge in [0.25, 0.3) is 5.91 Å². The first kappa shape index (κ1) is 19.5. The number of carbonyl (C=O) groups is 2. The molecule has 8 heteroatoms. The molecule has 1 amide bonds. The van der Waals surface area contributed by atoms with Gasteiger partial charge in [-0.1, -0.05) is 23.2 Å². The van der Waals surface area contributed by atoms with Crippen LogP contribution in [-0.4, -0.2) is 17.0 Å². The maximum Gasteiger partial charge on any atom is 0.335 e. The molecule has 0 aliphatic carbocycles. The van der Waals surface area contributed by atoms with E-state index in [9.17, 15) is 9.59 Å². The van der Waals surface area contributed by atoms with Gasteiger partial charge in [-0.15, -0.1) is 0 Å². The minimum Gasteiger partial charge on any atom is -0.478 e. The fourth-order valence-corrected chi connectivity index (χ4v) is 2.61. The number of hydrogen-bond acceptors (Lipinski definition) is 4. The van der Waals surface area contributed by atoms with Crippen molar-refractivity contribution in [3.63, 3.8) is 0 Å². The Bertz CT molecular complexity index is 1010. The second kappa shape index (κ2) is 8.65. The lowest BCUT2D eigenvalue weighted by atomic mass is 10.1. The van der Waals surface area contributed by atoms with Crippen LogP contribution in [0.3, 0.4) is 0 Å². The summed E-state index contributed by atoms with van der Waals surface area (Å²) in [6.07, 6.45) is 0. The molecule has 3 rings (SSSR count). The first-order chi connectivity index (χ1) is 13.4. The molecule has 0 unspecified atom stereocenters. The Morgan fingerprint density at radius 3 is 2.14 bits per heavy atom. The zero-order valence-electron chi connectivity index (χ0n) is 14.3. The Morgan fingerprint density at radius 1 is 0.857 bits per heavy atom. The van der Waals surface area contributed by atoms with Crippen LogP contribution in [0.25, 0.3) is 0 Å². The number of benzene rings is 3. The van der Waals surface area contributed by atoms with E-state index in [1.54, 1.807) is 42.5 Å². The van der Waals surface area contributed by atoms with Crippen molar-refractivity contribution in [2.75, 3.05) is 10.8 Å². The molecule has 0 atom stereocenters. The topological polar surface area (TPSA) is 87.7 Å². The lowest BCUT2D eigenvalue weighted by molar-refractivity contribution is 0.0696. The van der Waals surface area contributed by atoms with E-state index >= 15 is 0 Å². The van der Waals surface area contributed by atoms with Crippen molar-refractivity contribution >= 4 is 46.5 Å². The van der Waals surface area contributed by atoms with Crippen LogP contribution in [0.1, 0.15) is 20.7 Å². The van der Waals surface area contributed by atoms with Gasteiger partial charge in [-0.3, -0.25) is 4.79 Å². The van der Waals surface area contributed by atoms with Crippen LogP contribution >= 0.6 is 23.2 Å². The molecule has 0 aromatic heterocycles. The first-order valence-corrected chi connectivity index (χ1v) is 8.80. The van der Waals surface area contributed by atoms with Crippen molar-refractivity contribution in [3.05, 3.63) is 87.9 Å². The number of carbonyl (C=O) groups excluding carboxylic acids is 1. The zero-order valence-corrected chi connectivity index (χ0v) is 15.8. The fourth-order valence-electron chi connectivity index (χ4n) is 2.31. The van der Waals surface area contributed by atoms with E-state index in [0.29, 0.717) is 32.7 Å². The van der Waals surface area contributed by atoms with E-state index in [1.165, 1.54) is 24.3 Å². The first-order valence-electron chi connectivity index (χ1n) is 8.05. The summed E-state index contributed by atoms with van der Waals surface area (Å²) in [5.41, 5.74) is 3.95. The van der Waals surface area contributed by atoms with Gasteiger partial charge in [0, 0.05) is 15.7 Å². The number of rotatable bonds is 6. The van der Waals surface area contributed by atoms with E-state index in [2.05, 4.69) is 10.8 Å². The highest BCUT2D eigenvalue weighted by Gasteiger charge is 2.14. The van der Waals surface area contributed by atoms with E-state index < -0.39 is 11.9 Å². The molecule has 0 bridgehead atoms. The van der Waals surface area contributed by atoms with Crippen LogP contribution in [0.15, 0.2) is 66.7 Å². The molecule has 3 aromatic rings. The van der Waals surface area contributed by atoms with Crippen LogP contribution < -0.4 is 15.6 Å². The standard InChI is InChI=1S/C20H14Cl2N2O4/c21-13-3-8-16(9-4-13)28-24-18-11-14(22)5-10-17(18)19(25)23-15-6-1-12(2-7-15)20(26)27/h1-11,24H,(H,23,25)(H,26,27). The Hall–Kier alpha value is -3.22. The van der Waals surface area contributed by atoms with Crippen molar-refractivity contribution < 1.29 is 19.5 Å². The van der Waals surface area contributed by atoms with Crippen LogP contribution in [-0.2, 0) is 0 Å². The minimum atomic E-state index is -1.04. The molecule has 3 N–H and O–H groups in total. The Morgan fingerprint density at radius 2 is 1.50 bits per heavy atom. The number of carboxylic acids is 1. The van der Waals surface area contributed by atoms with Crippen LogP contribution in [0.5, 0.6) is 5.75 Å². The van der Waals surface area contributed by atoms with Gasteiger partial charge in [0.15, 0.2) is 5.75 Å². The molecule has 0 fully saturated rings. The fraction of sp³-hybridized carbons (Fsp3) is 0. The molecule has 0 heterocycles. The monoisotopic (exact) mass is 416 g/mol. The molecule has 3 aromatic carbocycles. The third-order valence-electron chi connectivity index (χ3n) is 3.71. The average molecular weight is 417 g/mol. The third-order valence-corrected chi connectivity index (χ3v) is 4.20. The summed E-state index contributed by atoms with van der Waals surface area (Å²) < 4.78 is 0. The lowest BCUT2D eigenvalue weighted by Gasteiger charge is -2.13. The number of hydrogen-bond donors (Lipinski definition) is 3. The SMILES string of the molecule is O=C(O)c1ccc(NC(=O)c2ccc(Cl)cc2NOc2ccc(Cl)cc2)cc1. The molecule has 0 aliphatic rings. The summed E-state index contributed by atoms with van der Waals surface area (Å²) in [5.74, 6) is -0.955. The maximum atomic E-state index is 12.6. The number of amides is 1. The molecule has 0 radical (unpaired) electrons. The Balaban J connectivity index is 1.75. The molecular weight excluding hydrogens is 403 g/mol. The highest BCUT2D eigenvalue weighted by molar-refractivity contribution is 6.31. The van der Waals surface area contributed by atoms with Gasteiger partial charge in [-0.25, -0.2) is 10.3 Å². The summed E-state index contributed by atoms with van der Waals surface area (Å²) in [4.78, 5) is 29.0. The van der Waals surface area contributed by atoms with E-state index in [1.807, 2.05) is 0 Å². The number of aromatic carboxylic acids is 1. The normalized spacial score (nSPS) is 10.2. The summed E-state index contributed by atoms with van der Waals surface area (Å²) in [6, 6.07) is 17.2. The van der Waals surface area contributed by atoms with Gasteiger partial charge in [-0.2, -0.15) is 0 Å². The van der Waals surface area contributed by atoms with E-state index in [0.717, 1.165) is 0 Å². The van der Waals surface area contributed by atoms with Gasteiger partial charge >= 0.3 is 5.97 Å². The van der Waals surface area contributed by atoms with Gasteiger partial charge in [0.05, 0.1) is 16.8 Å². The predicted octanol–water partition coefficient (Wildman–Crippen LogP) is 5.35. The van der Waals surface area contributed by atoms with Crippen LogP contribution in [0.4, 0.5) is 11.4 Å². The van der Waals surface area contributed by atoms with Gasteiger partial charge in [0.2, 0.25) is 0 Å². The van der Waals surface area contributed by atoms with Crippen LogP contribution in [0.2, 0.25) is 10.0 Å². The van der Waals surface area contributed by atoms with Gasteiger partial charge < -0.3 is 15.3 Å². The molecule has 0 aliphatic heterocycles. The van der Waals surface area contributed by atoms with Crippen molar-refractivity contribution in [1.82, 2.24) is 0 Å². The average Bonchev–Trinajstić information content (AvgIpc) is 2.68. The summed E-state index contributed by atoms with van der Waals surface area (Å²) in [7, 11) is 0. The van der Waals surface area contributed by atoms with Crippen molar-refractivity contribution in [1.29, 1.82) is 0 Å². The number of nitrogens with one attached hydrogen (secondary N) is 2. The molecule has 28 heavy (non-hydrogen) atoms. The van der Waals surface area contributed by atoms with Gasteiger partial charge in [-0.05, 0) is 66.7 Å². The number of anilines is 2.